The van der Waals surface area contributed by atoms with E-state index in [1.54, 1.807) is 25.5 Å². The van der Waals surface area contributed by atoms with Crippen LogP contribution >= 0.6 is 11.3 Å². The lowest BCUT2D eigenvalue weighted by atomic mass is 10.3. The number of amides is 1. The van der Waals surface area contributed by atoms with Crippen LogP contribution in [0.25, 0.3) is 0 Å². The zero-order valence-electron chi connectivity index (χ0n) is 8.76. The number of hydrogen-bond acceptors (Lipinski definition) is 6. The Morgan fingerprint density at radius 3 is 3.06 bits per heavy atom. The molecule has 1 aromatic rings. The van der Waals surface area contributed by atoms with Gasteiger partial charge in [0.1, 0.15) is 11.8 Å². The molecule has 0 spiro atoms. The van der Waals surface area contributed by atoms with Gasteiger partial charge in [0.05, 0.1) is 0 Å². The van der Waals surface area contributed by atoms with Crippen molar-refractivity contribution in [2.45, 2.75) is 20.0 Å². The van der Waals surface area contributed by atoms with E-state index in [-0.39, 0.29) is 11.8 Å². The van der Waals surface area contributed by atoms with Crippen LogP contribution in [0.1, 0.15) is 19.5 Å². The third kappa shape index (κ3) is 3.43. The highest BCUT2D eigenvalue weighted by molar-refractivity contribution is 7.14. The molecular weight excluding hydrogens is 230 g/mol. The predicted octanol–water partition coefficient (Wildman–Crippen LogP) is 0.950. The predicted molar refractivity (Wildman–Crippen MR) is 60.3 cm³/mol. The second kappa shape index (κ2) is 5.96. The Kier molecular flexibility index (Phi) is 4.59. The molecule has 0 aliphatic carbocycles. The molecule has 0 aliphatic rings. The van der Waals surface area contributed by atoms with Gasteiger partial charge in [0.25, 0.3) is 6.29 Å². The SMILES string of the molecule is CC(C)ON=C([C]=O)c1csc(NC=O)n1. The fraction of sp³-hybridized carbons (Fsp3) is 0.333. The van der Waals surface area contributed by atoms with Crippen molar-refractivity contribution in [2.75, 3.05) is 5.32 Å². The summed E-state index contributed by atoms with van der Waals surface area (Å²) in [6.07, 6.45) is 2.01. The topological polar surface area (TPSA) is 80.6 Å². The molecule has 0 fully saturated rings. The van der Waals surface area contributed by atoms with E-state index < -0.39 is 0 Å². The van der Waals surface area contributed by atoms with Crippen molar-refractivity contribution in [3.63, 3.8) is 0 Å². The maximum Gasteiger partial charge on any atom is 0.259 e. The molecule has 1 radical (unpaired) electrons. The van der Waals surface area contributed by atoms with Gasteiger partial charge in [-0.2, -0.15) is 0 Å². The minimum atomic E-state index is -0.130. The van der Waals surface area contributed by atoms with Gasteiger partial charge in [0.15, 0.2) is 10.8 Å². The molecule has 6 nitrogen and oxygen atoms in total. The highest BCUT2D eigenvalue weighted by atomic mass is 32.1. The zero-order valence-corrected chi connectivity index (χ0v) is 9.58. The van der Waals surface area contributed by atoms with E-state index >= 15 is 0 Å². The average molecular weight is 240 g/mol. The monoisotopic (exact) mass is 240 g/mol. The van der Waals surface area contributed by atoms with E-state index in [1.807, 2.05) is 0 Å². The first-order valence-electron chi connectivity index (χ1n) is 4.45. The summed E-state index contributed by atoms with van der Waals surface area (Å²) in [6.45, 7) is 3.57. The van der Waals surface area contributed by atoms with Crippen LogP contribution in [0.4, 0.5) is 5.13 Å². The Hall–Kier alpha value is -1.76. The second-order valence-electron chi connectivity index (χ2n) is 3.00. The first-order chi connectivity index (χ1) is 7.67. The molecule has 7 heteroatoms. The fourth-order valence-corrected chi connectivity index (χ4v) is 1.43. The van der Waals surface area contributed by atoms with Crippen LogP contribution in [0.3, 0.4) is 0 Å². The number of carbonyl (C=O) groups excluding carboxylic acids is 2. The molecule has 0 aromatic carbocycles. The van der Waals surface area contributed by atoms with E-state index in [1.165, 1.54) is 11.3 Å². The number of oxime groups is 1. The van der Waals surface area contributed by atoms with Crippen LogP contribution in [0, 0.1) is 0 Å². The minimum Gasteiger partial charge on any atom is -0.392 e. The third-order valence-corrected chi connectivity index (χ3v) is 2.15. The van der Waals surface area contributed by atoms with Crippen molar-refractivity contribution < 1.29 is 14.4 Å². The number of hydrogen-bond donors (Lipinski definition) is 1. The van der Waals surface area contributed by atoms with Gasteiger partial charge >= 0.3 is 0 Å². The van der Waals surface area contributed by atoms with Crippen LogP contribution in [0.5, 0.6) is 0 Å². The summed E-state index contributed by atoms with van der Waals surface area (Å²) in [7, 11) is 0. The van der Waals surface area contributed by atoms with E-state index in [2.05, 4.69) is 15.5 Å². The van der Waals surface area contributed by atoms with Crippen molar-refractivity contribution in [2.24, 2.45) is 5.16 Å². The van der Waals surface area contributed by atoms with Crippen molar-refractivity contribution >= 4 is 34.9 Å². The summed E-state index contributed by atoms with van der Waals surface area (Å²) in [5, 5.41) is 7.95. The molecule has 0 atom stereocenters. The molecular formula is C9H10N3O3S. The van der Waals surface area contributed by atoms with Gasteiger partial charge in [-0.05, 0) is 13.8 Å². The first kappa shape index (κ1) is 12.3. The van der Waals surface area contributed by atoms with Crippen molar-refractivity contribution in [3.05, 3.63) is 11.1 Å². The summed E-state index contributed by atoms with van der Waals surface area (Å²) in [4.78, 5) is 29.7. The molecule has 1 N–H and O–H groups in total. The normalized spacial score (nSPS) is 11.3. The van der Waals surface area contributed by atoms with E-state index in [0.29, 0.717) is 17.2 Å². The molecule has 1 rings (SSSR count). The van der Waals surface area contributed by atoms with Gasteiger partial charge in [0.2, 0.25) is 6.41 Å². The number of rotatable bonds is 6. The Morgan fingerprint density at radius 1 is 1.75 bits per heavy atom. The lowest BCUT2D eigenvalue weighted by Crippen LogP contribution is -2.07. The molecule has 0 aliphatic heterocycles. The Labute approximate surface area is 96.3 Å². The van der Waals surface area contributed by atoms with Gasteiger partial charge < -0.3 is 10.2 Å². The molecule has 16 heavy (non-hydrogen) atoms. The average Bonchev–Trinajstić information content (AvgIpc) is 2.68. The van der Waals surface area contributed by atoms with Gasteiger partial charge in [-0.25, -0.2) is 4.98 Å². The summed E-state index contributed by atoms with van der Waals surface area (Å²) < 4.78 is 0. The summed E-state index contributed by atoms with van der Waals surface area (Å²) in [5.41, 5.74) is 0.300. The molecule has 0 saturated carbocycles. The van der Waals surface area contributed by atoms with Crippen molar-refractivity contribution in [1.29, 1.82) is 0 Å². The number of carbonyl (C=O) groups is 1. The molecule has 1 amide bonds. The molecule has 0 bridgehead atoms. The lowest BCUT2D eigenvalue weighted by molar-refractivity contribution is -0.105. The number of nitrogens with one attached hydrogen (secondary N) is 1. The standard InChI is InChI=1S/C9H10N3O3S/c1-6(2)15-12-7(3-13)8-4-16-9(11-8)10-5-14/h4-6H,1-2H3,(H,10,11,14). The summed E-state index contributed by atoms with van der Waals surface area (Å²) >= 11 is 1.18. The summed E-state index contributed by atoms with van der Waals surface area (Å²) in [6, 6.07) is 0. The highest BCUT2D eigenvalue weighted by Crippen LogP contribution is 2.14. The Balaban J connectivity index is 2.82. The van der Waals surface area contributed by atoms with Crippen LogP contribution in [0.15, 0.2) is 10.5 Å². The van der Waals surface area contributed by atoms with E-state index in [4.69, 9.17) is 4.84 Å². The highest BCUT2D eigenvalue weighted by Gasteiger charge is 2.10. The van der Waals surface area contributed by atoms with Crippen molar-refractivity contribution in [1.82, 2.24) is 4.98 Å². The van der Waals surface area contributed by atoms with Crippen molar-refractivity contribution in [3.8, 4) is 0 Å². The maximum atomic E-state index is 10.6. The molecule has 1 heterocycles. The number of aromatic nitrogens is 1. The minimum absolute atomic E-state index is 0.0242. The summed E-state index contributed by atoms with van der Waals surface area (Å²) in [5.74, 6) is 0. The fourth-order valence-electron chi connectivity index (χ4n) is 0.775. The van der Waals surface area contributed by atoms with Crippen LogP contribution < -0.4 is 5.32 Å². The van der Waals surface area contributed by atoms with Crippen LogP contribution in [-0.2, 0) is 14.4 Å². The smallest absolute Gasteiger partial charge is 0.259 e. The zero-order chi connectivity index (χ0) is 12.0. The largest absolute Gasteiger partial charge is 0.392 e. The van der Waals surface area contributed by atoms with Crippen LogP contribution in [0.2, 0.25) is 0 Å². The lowest BCUT2D eigenvalue weighted by Gasteiger charge is -2.01. The van der Waals surface area contributed by atoms with E-state index in [0.717, 1.165) is 0 Å². The quantitative estimate of drug-likeness (QED) is 0.456. The first-order valence-corrected chi connectivity index (χ1v) is 5.33. The van der Waals surface area contributed by atoms with Gasteiger partial charge in [-0.15, -0.1) is 11.3 Å². The number of anilines is 1. The van der Waals surface area contributed by atoms with Crippen LogP contribution in [-0.4, -0.2) is 29.5 Å². The second-order valence-corrected chi connectivity index (χ2v) is 3.85. The maximum absolute atomic E-state index is 10.6. The molecule has 85 valence electrons. The van der Waals surface area contributed by atoms with Gasteiger partial charge in [-0.1, -0.05) is 5.16 Å². The molecule has 1 aromatic heterocycles. The Bertz CT molecular complexity index is 400. The Morgan fingerprint density at radius 2 is 2.50 bits per heavy atom. The third-order valence-electron chi connectivity index (χ3n) is 1.38. The number of thiazole rings is 1. The van der Waals surface area contributed by atoms with E-state index in [9.17, 15) is 9.59 Å². The molecule has 0 unspecified atom stereocenters. The molecule has 0 saturated heterocycles. The van der Waals surface area contributed by atoms with Gasteiger partial charge in [-0.3, -0.25) is 9.59 Å². The van der Waals surface area contributed by atoms with Gasteiger partial charge in [0, 0.05) is 5.38 Å². The number of nitrogens with zero attached hydrogens (tertiary/aromatic N) is 2.